The molecule has 0 radical (unpaired) electrons. The van der Waals surface area contributed by atoms with E-state index in [4.69, 9.17) is 0 Å². The summed E-state index contributed by atoms with van der Waals surface area (Å²) in [5, 5.41) is 2.80. The van der Waals surface area contributed by atoms with E-state index >= 15 is 0 Å². The molecule has 2 nitrogen and oxygen atoms in total. The summed E-state index contributed by atoms with van der Waals surface area (Å²) in [5.74, 6) is -0.105. The van der Waals surface area contributed by atoms with E-state index < -0.39 is 0 Å². The lowest BCUT2D eigenvalue weighted by Crippen LogP contribution is -2.30. The molecular weight excluding hydrogens is 174 g/mol. The number of hydrogen-bond acceptors (Lipinski definition) is 1. The van der Waals surface area contributed by atoms with E-state index in [1.807, 2.05) is 44.2 Å². The van der Waals surface area contributed by atoms with Gasteiger partial charge in [-0.1, -0.05) is 36.9 Å². The fourth-order valence-electron chi connectivity index (χ4n) is 1.12. The van der Waals surface area contributed by atoms with Crippen molar-refractivity contribution in [2.24, 2.45) is 0 Å². The highest BCUT2D eigenvalue weighted by molar-refractivity contribution is 6.18. The third-order valence-corrected chi connectivity index (χ3v) is 1.82. The molecule has 14 heavy (non-hydrogen) atoms. The van der Waals surface area contributed by atoms with Crippen molar-refractivity contribution in [2.75, 3.05) is 0 Å². The average Bonchev–Trinajstić information content (AvgIpc) is 2.17. The van der Waals surface area contributed by atoms with Crippen molar-refractivity contribution in [3.05, 3.63) is 42.5 Å². The van der Waals surface area contributed by atoms with Crippen LogP contribution in [0.25, 0.3) is 5.57 Å². The van der Waals surface area contributed by atoms with Crippen molar-refractivity contribution >= 4 is 11.5 Å². The number of nitrogens with one attached hydrogen (secondary N) is 1. The highest BCUT2D eigenvalue weighted by Gasteiger charge is 2.09. The van der Waals surface area contributed by atoms with Crippen LogP contribution in [0.5, 0.6) is 0 Å². The van der Waals surface area contributed by atoms with Crippen LogP contribution in [-0.4, -0.2) is 11.9 Å². The Hall–Kier alpha value is -1.57. The second kappa shape index (κ2) is 4.61. The van der Waals surface area contributed by atoms with E-state index in [1.54, 1.807) is 0 Å². The van der Waals surface area contributed by atoms with Crippen molar-refractivity contribution in [3.63, 3.8) is 0 Å². The first kappa shape index (κ1) is 10.5. The van der Waals surface area contributed by atoms with Crippen LogP contribution in [0.1, 0.15) is 19.4 Å². The summed E-state index contributed by atoms with van der Waals surface area (Å²) in [7, 11) is 0. The first-order valence-electron chi connectivity index (χ1n) is 4.66. The number of amides is 1. The lowest BCUT2D eigenvalue weighted by atomic mass is 10.1. The molecule has 0 aliphatic heterocycles. The van der Waals surface area contributed by atoms with Gasteiger partial charge in [0.25, 0.3) is 5.91 Å². The largest absolute Gasteiger partial charge is 0.350 e. The zero-order valence-electron chi connectivity index (χ0n) is 8.58. The number of carbonyl (C=O) groups excluding carboxylic acids is 1. The van der Waals surface area contributed by atoms with Crippen LogP contribution in [0.4, 0.5) is 0 Å². The minimum absolute atomic E-state index is 0.105. The summed E-state index contributed by atoms with van der Waals surface area (Å²) >= 11 is 0. The normalized spacial score (nSPS) is 9.93. The SMILES string of the molecule is C=C(C(=O)NC(C)C)c1ccccc1. The minimum Gasteiger partial charge on any atom is -0.350 e. The molecule has 0 heterocycles. The molecule has 0 saturated carbocycles. The summed E-state index contributed by atoms with van der Waals surface area (Å²) in [6.45, 7) is 7.62. The minimum atomic E-state index is -0.105. The Morgan fingerprint density at radius 1 is 1.29 bits per heavy atom. The number of rotatable bonds is 3. The molecule has 1 aromatic rings. The zero-order valence-corrected chi connectivity index (χ0v) is 8.58. The highest BCUT2D eigenvalue weighted by atomic mass is 16.1. The van der Waals surface area contributed by atoms with Gasteiger partial charge in [-0.05, 0) is 19.4 Å². The van der Waals surface area contributed by atoms with Gasteiger partial charge in [0.15, 0.2) is 0 Å². The highest BCUT2D eigenvalue weighted by Crippen LogP contribution is 2.11. The summed E-state index contributed by atoms with van der Waals surface area (Å²) in [6.07, 6.45) is 0. The zero-order chi connectivity index (χ0) is 10.6. The second-order valence-electron chi connectivity index (χ2n) is 3.47. The van der Waals surface area contributed by atoms with E-state index in [-0.39, 0.29) is 11.9 Å². The Morgan fingerprint density at radius 3 is 2.36 bits per heavy atom. The number of carbonyl (C=O) groups is 1. The molecule has 1 aromatic carbocycles. The number of hydrogen-bond donors (Lipinski definition) is 1. The summed E-state index contributed by atoms with van der Waals surface area (Å²) in [5.41, 5.74) is 1.38. The molecule has 1 N–H and O–H groups in total. The smallest absolute Gasteiger partial charge is 0.251 e. The average molecular weight is 189 g/mol. The van der Waals surface area contributed by atoms with Crippen LogP contribution in [0.15, 0.2) is 36.9 Å². The van der Waals surface area contributed by atoms with Crippen LogP contribution in [0.3, 0.4) is 0 Å². The molecule has 2 heteroatoms. The predicted molar refractivity (Wildman–Crippen MR) is 58.8 cm³/mol. The number of benzene rings is 1. The molecule has 74 valence electrons. The molecule has 1 rings (SSSR count). The molecule has 0 aromatic heterocycles. The molecule has 0 aliphatic carbocycles. The van der Waals surface area contributed by atoms with Gasteiger partial charge in [0.2, 0.25) is 0 Å². The van der Waals surface area contributed by atoms with Crippen LogP contribution in [0, 0.1) is 0 Å². The van der Waals surface area contributed by atoms with Gasteiger partial charge in [-0.15, -0.1) is 0 Å². The maximum atomic E-state index is 11.5. The standard InChI is InChI=1S/C12H15NO/c1-9(2)13-12(14)10(3)11-7-5-4-6-8-11/h4-9H,3H2,1-2H3,(H,13,14). The first-order chi connectivity index (χ1) is 6.61. The van der Waals surface area contributed by atoms with Gasteiger partial charge in [-0.2, -0.15) is 0 Å². The molecule has 0 aliphatic rings. The Morgan fingerprint density at radius 2 is 1.86 bits per heavy atom. The van der Waals surface area contributed by atoms with E-state index in [2.05, 4.69) is 11.9 Å². The topological polar surface area (TPSA) is 29.1 Å². The van der Waals surface area contributed by atoms with Crippen molar-refractivity contribution in [3.8, 4) is 0 Å². The maximum Gasteiger partial charge on any atom is 0.251 e. The molecule has 0 bridgehead atoms. The van der Waals surface area contributed by atoms with Crippen molar-refractivity contribution < 1.29 is 4.79 Å². The van der Waals surface area contributed by atoms with Gasteiger partial charge < -0.3 is 5.32 Å². The Balaban J connectivity index is 2.72. The molecule has 1 amide bonds. The van der Waals surface area contributed by atoms with Crippen molar-refractivity contribution in [1.29, 1.82) is 0 Å². The fraction of sp³-hybridized carbons (Fsp3) is 0.250. The fourth-order valence-corrected chi connectivity index (χ4v) is 1.12. The maximum absolute atomic E-state index is 11.5. The van der Waals surface area contributed by atoms with Gasteiger partial charge in [0.05, 0.1) is 0 Å². The van der Waals surface area contributed by atoms with Crippen LogP contribution in [0.2, 0.25) is 0 Å². The molecular formula is C12H15NO. The third-order valence-electron chi connectivity index (χ3n) is 1.82. The van der Waals surface area contributed by atoms with Crippen LogP contribution < -0.4 is 5.32 Å². The van der Waals surface area contributed by atoms with Crippen LogP contribution in [-0.2, 0) is 4.79 Å². The third kappa shape index (κ3) is 2.73. The first-order valence-corrected chi connectivity index (χ1v) is 4.66. The lowest BCUT2D eigenvalue weighted by molar-refractivity contribution is -0.116. The van der Waals surface area contributed by atoms with Gasteiger partial charge in [0, 0.05) is 11.6 Å². The molecule has 0 fully saturated rings. The Kier molecular flexibility index (Phi) is 3.46. The van der Waals surface area contributed by atoms with Gasteiger partial charge in [-0.25, -0.2) is 0 Å². The summed E-state index contributed by atoms with van der Waals surface area (Å²) in [4.78, 5) is 11.5. The molecule has 0 saturated heterocycles. The monoisotopic (exact) mass is 189 g/mol. The van der Waals surface area contributed by atoms with E-state index in [1.165, 1.54) is 0 Å². The van der Waals surface area contributed by atoms with E-state index in [0.29, 0.717) is 5.57 Å². The van der Waals surface area contributed by atoms with E-state index in [0.717, 1.165) is 5.56 Å². The van der Waals surface area contributed by atoms with Gasteiger partial charge >= 0.3 is 0 Å². The summed E-state index contributed by atoms with van der Waals surface area (Å²) in [6, 6.07) is 9.59. The summed E-state index contributed by atoms with van der Waals surface area (Å²) < 4.78 is 0. The predicted octanol–water partition coefficient (Wildman–Crippen LogP) is 2.22. The van der Waals surface area contributed by atoms with Gasteiger partial charge in [-0.3, -0.25) is 4.79 Å². The molecule has 0 spiro atoms. The van der Waals surface area contributed by atoms with E-state index in [9.17, 15) is 4.79 Å². The molecule has 0 unspecified atom stereocenters. The van der Waals surface area contributed by atoms with Crippen molar-refractivity contribution in [1.82, 2.24) is 5.32 Å². The van der Waals surface area contributed by atoms with Crippen molar-refractivity contribution in [2.45, 2.75) is 19.9 Å². The van der Waals surface area contributed by atoms with Crippen LogP contribution >= 0.6 is 0 Å². The second-order valence-corrected chi connectivity index (χ2v) is 3.47. The molecule has 0 atom stereocenters. The Bertz CT molecular complexity index is 327. The Labute approximate surface area is 84.6 Å². The quantitative estimate of drug-likeness (QED) is 0.726. The van der Waals surface area contributed by atoms with Gasteiger partial charge in [0.1, 0.15) is 0 Å². The lowest BCUT2D eigenvalue weighted by Gasteiger charge is -2.10.